The van der Waals surface area contributed by atoms with Gasteiger partial charge in [0.15, 0.2) is 6.23 Å². The van der Waals surface area contributed by atoms with Crippen molar-refractivity contribution >= 4 is 23.5 Å². The largest absolute Gasteiger partial charge is 0.490 e. The molecule has 0 bridgehead atoms. The summed E-state index contributed by atoms with van der Waals surface area (Å²) in [5, 5.41) is 10.5. The van der Waals surface area contributed by atoms with Crippen molar-refractivity contribution in [2.75, 3.05) is 0 Å². The zero-order valence-electron chi connectivity index (χ0n) is 13.7. The molecule has 7 atom stereocenters. The predicted octanol–water partition coefficient (Wildman–Crippen LogP) is -2.78. The normalized spacial score (nSPS) is 35.5. The Hall–Kier alpha value is -1.03. The first-order valence-electron chi connectivity index (χ1n) is 7.33. The van der Waals surface area contributed by atoms with E-state index >= 15 is 0 Å². The molecule has 0 aromatic carbocycles. The molecule has 164 valence electrons. The van der Waals surface area contributed by atoms with Gasteiger partial charge >= 0.3 is 29.2 Å². The van der Waals surface area contributed by atoms with Crippen molar-refractivity contribution in [3.05, 3.63) is 33.1 Å². The topological polar surface area (TPSA) is 270 Å². The number of aromatic amines is 1. The molecule has 3 unspecified atom stereocenters. The highest BCUT2D eigenvalue weighted by atomic mass is 31.3. The van der Waals surface area contributed by atoms with Crippen LogP contribution in [0.4, 0.5) is 0 Å². The standard InChI is InChI=1S/C9H14N3O14P3/c10-4-7(12-2-1-3(13)11-8(12)14)23-5-6(9(4,5)15)24-28(19,20)26-29(21,22)25-27(16,17)18/h1-2,4-7,15H,10H2,(H,19,20)(H,21,22)(H,11,13,14)(H2,16,17,18)/t4-,5+,6?,7+,9-/m0/s1. The first-order valence-corrected chi connectivity index (χ1v) is 11.8. The Labute approximate surface area is 159 Å². The highest BCUT2D eigenvalue weighted by Gasteiger charge is 2.78. The molecule has 0 radical (unpaired) electrons. The summed E-state index contributed by atoms with van der Waals surface area (Å²) in [5.41, 5.74) is 2.06. The van der Waals surface area contributed by atoms with E-state index in [-0.39, 0.29) is 0 Å². The maximum Gasteiger partial charge on any atom is 0.490 e. The molecule has 1 saturated heterocycles. The molecule has 17 nitrogen and oxygen atoms in total. The number of nitrogens with one attached hydrogen (secondary N) is 1. The summed E-state index contributed by atoms with van der Waals surface area (Å²) in [4.78, 5) is 60.4. The number of fused-ring (bicyclic) bond motifs is 1. The second-order valence-corrected chi connectivity index (χ2v) is 10.4. The molecule has 1 aromatic heterocycles. The van der Waals surface area contributed by atoms with Gasteiger partial charge in [-0.3, -0.25) is 18.9 Å². The number of rotatable bonds is 7. The van der Waals surface area contributed by atoms with Crippen molar-refractivity contribution in [2.24, 2.45) is 5.73 Å². The van der Waals surface area contributed by atoms with E-state index in [1.54, 1.807) is 0 Å². The second-order valence-electron chi connectivity index (χ2n) is 5.99. The van der Waals surface area contributed by atoms with E-state index in [0.29, 0.717) is 0 Å². The van der Waals surface area contributed by atoms with Crippen LogP contribution in [0.3, 0.4) is 0 Å². The fourth-order valence-corrected chi connectivity index (χ4v) is 6.03. The number of ether oxygens (including phenoxy) is 1. The van der Waals surface area contributed by atoms with Gasteiger partial charge in [-0.05, 0) is 0 Å². The molecule has 0 amide bonds. The van der Waals surface area contributed by atoms with Crippen molar-refractivity contribution in [2.45, 2.75) is 30.1 Å². The van der Waals surface area contributed by atoms with Crippen LogP contribution in [0.5, 0.6) is 0 Å². The number of phosphoric acid groups is 3. The summed E-state index contributed by atoms with van der Waals surface area (Å²) in [5.74, 6) is 0. The number of hydrogen-bond donors (Lipinski definition) is 7. The number of hydrogen-bond acceptors (Lipinski definition) is 11. The van der Waals surface area contributed by atoms with Crippen molar-refractivity contribution in [1.29, 1.82) is 0 Å². The van der Waals surface area contributed by atoms with Crippen LogP contribution in [0.25, 0.3) is 0 Å². The summed E-state index contributed by atoms with van der Waals surface area (Å²) < 4.78 is 51.5. The summed E-state index contributed by atoms with van der Waals surface area (Å²) in [6.45, 7) is 0. The van der Waals surface area contributed by atoms with Crippen LogP contribution in [-0.2, 0) is 31.6 Å². The number of H-pyrrole nitrogens is 1. The maximum absolute atomic E-state index is 11.8. The average molecular weight is 481 g/mol. The minimum atomic E-state index is -5.74. The molecule has 3 rings (SSSR count). The zero-order valence-corrected chi connectivity index (χ0v) is 16.4. The van der Waals surface area contributed by atoms with Gasteiger partial charge in [-0.2, -0.15) is 8.62 Å². The molecule has 0 spiro atoms. The Morgan fingerprint density at radius 1 is 1.14 bits per heavy atom. The molecule has 1 aliphatic carbocycles. The van der Waals surface area contributed by atoms with Crippen molar-refractivity contribution < 1.29 is 56.3 Å². The van der Waals surface area contributed by atoms with E-state index in [1.807, 2.05) is 4.98 Å². The van der Waals surface area contributed by atoms with Gasteiger partial charge in [0.1, 0.15) is 17.8 Å². The summed E-state index contributed by atoms with van der Waals surface area (Å²) >= 11 is 0. The lowest BCUT2D eigenvalue weighted by molar-refractivity contribution is -0.0274. The number of aliphatic hydroxyl groups is 1. The van der Waals surface area contributed by atoms with Crippen LogP contribution in [0.15, 0.2) is 21.9 Å². The lowest BCUT2D eigenvalue weighted by Crippen LogP contribution is -2.47. The van der Waals surface area contributed by atoms with E-state index < -0.39 is 64.8 Å². The minimum Gasteiger partial charge on any atom is -0.382 e. The Morgan fingerprint density at radius 3 is 2.24 bits per heavy atom. The molecule has 8 N–H and O–H groups in total. The smallest absolute Gasteiger partial charge is 0.382 e. The number of aromatic nitrogens is 2. The molecule has 2 heterocycles. The van der Waals surface area contributed by atoms with E-state index in [0.717, 1.165) is 16.8 Å². The van der Waals surface area contributed by atoms with Crippen molar-refractivity contribution in [1.82, 2.24) is 9.55 Å². The van der Waals surface area contributed by atoms with Gasteiger partial charge < -0.3 is 35.2 Å². The maximum atomic E-state index is 11.8. The van der Waals surface area contributed by atoms with Gasteiger partial charge in [0.25, 0.3) is 5.56 Å². The average Bonchev–Trinajstić information content (AvgIpc) is 2.92. The van der Waals surface area contributed by atoms with E-state index in [4.69, 9.17) is 25.2 Å². The molecule has 1 saturated carbocycles. The van der Waals surface area contributed by atoms with E-state index in [1.165, 1.54) is 0 Å². The number of nitrogens with zero attached hydrogens (tertiary/aromatic N) is 1. The van der Waals surface area contributed by atoms with Crippen LogP contribution in [0, 0.1) is 0 Å². The third-order valence-corrected chi connectivity index (χ3v) is 7.81. The molecule has 2 fully saturated rings. The lowest BCUT2D eigenvalue weighted by Gasteiger charge is -2.25. The van der Waals surface area contributed by atoms with Crippen LogP contribution >= 0.6 is 23.5 Å². The summed E-state index contributed by atoms with van der Waals surface area (Å²) in [6, 6.07) is -0.442. The van der Waals surface area contributed by atoms with Crippen LogP contribution in [0.1, 0.15) is 6.23 Å². The lowest BCUT2D eigenvalue weighted by atomic mass is 10.1. The Balaban J connectivity index is 1.71. The van der Waals surface area contributed by atoms with Gasteiger partial charge in [-0.25, -0.2) is 18.5 Å². The highest BCUT2D eigenvalue weighted by Crippen LogP contribution is 2.69. The predicted molar refractivity (Wildman–Crippen MR) is 86.9 cm³/mol. The molecular weight excluding hydrogens is 467 g/mol. The Kier molecular flexibility index (Phi) is 5.47. The van der Waals surface area contributed by atoms with Crippen LogP contribution < -0.4 is 17.0 Å². The van der Waals surface area contributed by atoms with Gasteiger partial charge in [-0.15, -0.1) is 0 Å². The zero-order chi connectivity index (χ0) is 22.0. The molecule has 2 aliphatic rings. The fourth-order valence-electron chi connectivity index (χ4n) is 2.80. The number of nitrogens with two attached hydrogens (primary N) is 1. The molecule has 20 heteroatoms. The molecule has 1 aliphatic heterocycles. The third-order valence-electron chi connectivity index (χ3n) is 3.99. The Morgan fingerprint density at radius 2 is 1.76 bits per heavy atom. The highest BCUT2D eigenvalue weighted by molar-refractivity contribution is 7.66. The second kappa shape index (κ2) is 7.00. The van der Waals surface area contributed by atoms with E-state index in [2.05, 4.69) is 13.1 Å². The number of phosphoric ester groups is 1. The summed E-state index contributed by atoms with van der Waals surface area (Å²) in [7, 11) is -16.8. The molecule has 29 heavy (non-hydrogen) atoms. The van der Waals surface area contributed by atoms with Crippen LogP contribution in [0.2, 0.25) is 0 Å². The monoisotopic (exact) mass is 481 g/mol. The Bertz CT molecular complexity index is 1080. The van der Waals surface area contributed by atoms with Gasteiger partial charge in [-0.1, -0.05) is 0 Å². The first-order chi connectivity index (χ1) is 13.1. The van der Waals surface area contributed by atoms with Crippen molar-refractivity contribution in [3.63, 3.8) is 0 Å². The van der Waals surface area contributed by atoms with Crippen LogP contribution in [-0.4, -0.2) is 58.1 Å². The molecular formula is C9H14N3O14P3. The third kappa shape index (κ3) is 4.52. The fraction of sp³-hybridized carbons (Fsp3) is 0.556. The first kappa shape index (κ1) is 22.7. The SMILES string of the molecule is N[C@H]1[C@H](n2ccc(=O)[nH]c2=O)O[C@@H]2C(OP(=O)(O)OP(=O)(O)OP(=O)(O)O)[C@@]21O. The van der Waals surface area contributed by atoms with E-state index in [9.17, 15) is 33.3 Å². The van der Waals surface area contributed by atoms with Gasteiger partial charge in [0.2, 0.25) is 0 Å². The quantitative estimate of drug-likeness (QED) is 0.194. The van der Waals surface area contributed by atoms with Crippen molar-refractivity contribution in [3.8, 4) is 0 Å². The van der Waals surface area contributed by atoms with Gasteiger partial charge in [0.05, 0.1) is 6.04 Å². The van der Waals surface area contributed by atoms with Gasteiger partial charge in [0, 0.05) is 12.3 Å². The summed E-state index contributed by atoms with van der Waals surface area (Å²) in [6.07, 6.45) is -3.31. The minimum absolute atomic E-state index is 0.702. The molecule has 1 aromatic rings.